The Bertz CT molecular complexity index is 1190. The summed E-state index contributed by atoms with van der Waals surface area (Å²) in [7, 11) is 0. The number of fused-ring (bicyclic) bond motifs is 1. The maximum Gasteiger partial charge on any atom is 0.256 e. The molecular formula is C28H37N5O. The molecule has 0 spiro atoms. The van der Waals surface area contributed by atoms with Crippen molar-refractivity contribution in [3.8, 4) is 0 Å². The highest BCUT2D eigenvalue weighted by molar-refractivity contribution is 5.76. The van der Waals surface area contributed by atoms with Gasteiger partial charge in [0.05, 0.1) is 0 Å². The second kappa shape index (κ2) is 10.3. The molecule has 5 rings (SSSR count). The van der Waals surface area contributed by atoms with E-state index in [1.807, 2.05) is 29.0 Å². The summed E-state index contributed by atoms with van der Waals surface area (Å²) < 4.78 is 1.99. The number of nitrogens with zero attached hydrogens (tertiary/aromatic N) is 4. The van der Waals surface area contributed by atoms with Gasteiger partial charge < -0.3 is 10.2 Å². The van der Waals surface area contributed by atoms with Gasteiger partial charge in [0.15, 0.2) is 0 Å². The smallest absolute Gasteiger partial charge is 0.256 e. The lowest BCUT2D eigenvalue weighted by atomic mass is 10.0. The third kappa shape index (κ3) is 4.88. The van der Waals surface area contributed by atoms with Crippen LogP contribution in [0.3, 0.4) is 0 Å². The minimum Gasteiger partial charge on any atom is -0.351 e. The summed E-state index contributed by atoms with van der Waals surface area (Å²) >= 11 is 0. The van der Waals surface area contributed by atoms with Crippen molar-refractivity contribution in [3.63, 3.8) is 0 Å². The second-order valence-electron chi connectivity index (χ2n) is 10.1. The summed E-state index contributed by atoms with van der Waals surface area (Å²) in [5.41, 5.74) is 4.15. The Morgan fingerprint density at radius 1 is 1.06 bits per heavy atom. The van der Waals surface area contributed by atoms with Crippen LogP contribution in [-0.2, 0) is 6.42 Å². The van der Waals surface area contributed by atoms with Crippen LogP contribution in [0, 0.1) is 6.92 Å². The van der Waals surface area contributed by atoms with Crippen molar-refractivity contribution in [2.45, 2.75) is 77.3 Å². The molecule has 2 aliphatic rings. The maximum atomic E-state index is 13.8. The number of anilines is 1. The van der Waals surface area contributed by atoms with Gasteiger partial charge in [-0.3, -0.25) is 9.36 Å². The first-order valence-electron chi connectivity index (χ1n) is 13.1. The van der Waals surface area contributed by atoms with Crippen LogP contribution in [0.1, 0.15) is 74.6 Å². The Morgan fingerprint density at radius 3 is 2.56 bits per heavy atom. The van der Waals surface area contributed by atoms with Crippen LogP contribution >= 0.6 is 0 Å². The van der Waals surface area contributed by atoms with Crippen molar-refractivity contribution >= 4 is 17.0 Å². The molecule has 0 amide bonds. The highest BCUT2D eigenvalue weighted by Crippen LogP contribution is 2.31. The molecule has 34 heavy (non-hydrogen) atoms. The molecule has 3 heterocycles. The largest absolute Gasteiger partial charge is 0.351 e. The van der Waals surface area contributed by atoms with Gasteiger partial charge in [-0.2, -0.15) is 4.98 Å². The van der Waals surface area contributed by atoms with Crippen LogP contribution in [0.15, 0.2) is 41.3 Å². The molecule has 1 aliphatic heterocycles. The molecule has 1 aromatic carbocycles. The number of hydrogen-bond acceptors (Lipinski definition) is 5. The van der Waals surface area contributed by atoms with Gasteiger partial charge in [0, 0.05) is 48.7 Å². The molecule has 2 fully saturated rings. The van der Waals surface area contributed by atoms with E-state index in [4.69, 9.17) is 4.98 Å². The van der Waals surface area contributed by atoms with E-state index in [1.165, 1.54) is 36.9 Å². The van der Waals surface area contributed by atoms with Crippen molar-refractivity contribution in [2.75, 3.05) is 25.0 Å². The SMILES string of the molecule is CCCN1CCC(Nc2ncc3cc(Cc4ccccc4C)c(=O)n(C4CCCC4)c3n2)CC1. The van der Waals surface area contributed by atoms with Crippen molar-refractivity contribution < 1.29 is 0 Å². The van der Waals surface area contributed by atoms with E-state index in [0.717, 1.165) is 55.4 Å². The van der Waals surface area contributed by atoms with Crippen LogP contribution in [0.2, 0.25) is 0 Å². The molecule has 1 saturated heterocycles. The number of nitrogens with one attached hydrogen (secondary N) is 1. The first-order valence-corrected chi connectivity index (χ1v) is 13.1. The molecule has 6 heteroatoms. The molecule has 6 nitrogen and oxygen atoms in total. The first-order chi connectivity index (χ1) is 16.6. The zero-order valence-electron chi connectivity index (χ0n) is 20.6. The zero-order chi connectivity index (χ0) is 23.5. The number of pyridine rings is 1. The van der Waals surface area contributed by atoms with Crippen molar-refractivity contribution in [1.29, 1.82) is 0 Å². The quantitative estimate of drug-likeness (QED) is 0.533. The molecule has 3 aromatic rings. The van der Waals surface area contributed by atoms with Crippen molar-refractivity contribution in [1.82, 2.24) is 19.4 Å². The summed E-state index contributed by atoms with van der Waals surface area (Å²) in [6, 6.07) is 11.0. The van der Waals surface area contributed by atoms with Gasteiger partial charge >= 0.3 is 0 Å². The van der Waals surface area contributed by atoms with E-state index in [-0.39, 0.29) is 11.6 Å². The monoisotopic (exact) mass is 459 g/mol. The van der Waals surface area contributed by atoms with E-state index in [0.29, 0.717) is 18.4 Å². The van der Waals surface area contributed by atoms with Gasteiger partial charge in [0.1, 0.15) is 5.65 Å². The molecular weight excluding hydrogens is 422 g/mol. The highest BCUT2D eigenvalue weighted by atomic mass is 16.1. The summed E-state index contributed by atoms with van der Waals surface area (Å²) in [6.07, 6.45) is 10.4. The normalized spacial score (nSPS) is 18.1. The fraction of sp³-hybridized carbons (Fsp3) is 0.536. The Hall–Kier alpha value is -2.73. The topological polar surface area (TPSA) is 63.1 Å². The fourth-order valence-corrected chi connectivity index (χ4v) is 5.69. The maximum absolute atomic E-state index is 13.8. The third-order valence-corrected chi connectivity index (χ3v) is 7.64. The van der Waals surface area contributed by atoms with Crippen molar-refractivity contribution in [3.05, 3.63) is 63.6 Å². The number of aromatic nitrogens is 3. The number of benzene rings is 1. The molecule has 0 unspecified atom stereocenters. The number of piperidine rings is 1. The molecule has 0 radical (unpaired) electrons. The van der Waals surface area contributed by atoms with Crippen LogP contribution in [-0.4, -0.2) is 45.1 Å². The zero-order valence-corrected chi connectivity index (χ0v) is 20.6. The standard InChI is InChI=1S/C28H37N5O/c1-3-14-32-15-12-24(13-16-32)30-28-29-19-23-18-22(17-21-9-5-4-8-20(21)2)27(34)33(26(23)31-28)25-10-6-7-11-25/h4-5,8-9,18-19,24-25H,3,6-7,10-17H2,1-2H3,(H,29,30,31). The predicted octanol–water partition coefficient (Wildman–Crippen LogP) is 5.09. The van der Waals surface area contributed by atoms with Gasteiger partial charge in [-0.15, -0.1) is 0 Å². The van der Waals surface area contributed by atoms with E-state index in [2.05, 4.69) is 41.2 Å². The minimum atomic E-state index is 0.111. The van der Waals surface area contributed by atoms with Crippen LogP contribution in [0.25, 0.3) is 11.0 Å². The first kappa shape index (κ1) is 23.0. The molecule has 0 bridgehead atoms. The Kier molecular flexibility index (Phi) is 6.95. The van der Waals surface area contributed by atoms with E-state index in [9.17, 15) is 4.79 Å². The van der Waals surface area contributed by atoms with E-state index in [1.54, 1.807) is 0 Å². The summed E-state index contributed by atoms with van der Waals surface area (Å²) in [4.78, 5) is 25.9. The van der Waals surface area contributed by atoms with E-state index >= 15 is 0 Å². The molecule has 1 aliphatic carbocycles. The van der Waals surface area contributed by atoms with Crippen LogP contribution in [0.5, 0.6) is 0 Å². The van der Waals surface area contributed by atoms with Crippen LogP contribution < -0.4 is 10.9 Å². The lowest BCUT2D eigenvalue weighted by molar-refractivity contribution is 0.219. The summed E-state index contributed by atoms with van der Waals surface area (Å²) in [6.45, 7) is 7.77. The third-order valence-electron chi connectivity index (χ3n) is 7.64. The molecule has 2 aromatic heterocycles. The van der Waals surface area contributed by atoms with Gasteiger partial charge in [0.25, 0.3) is 5.56 Å². The number of aryl methyl sites for hydroxylation is 1. The van der Waals surface area contributed by atoms with Crippen LogP contribution in [0.4, 0.5) is 5.95 Å². The van der Waals surface area contributed by atoms with Gasteiger partial charge in [0.2, 0.25) is 5.95 Å². The lowest BCUT2D eigenvalue weighted by Gasteiger charge is -2.32. The summed E-state index contributed by atoms with van der Waals surface area (Å²) in [5, 5.41) is 4.53. The Labute approximate surface area is 202 Å². The number of hydrogen-bond donors (Lipinski definition) is 1. The molecule has 1 N–H and O–H groups in total. The van der Waals surface area contributed by atoms with Gasteiger partial charge in [-0.25, -0.2) is 4.98 Å². The molecule has 0 atom stereocenters. The highest BCUT2D eigenvalue weighted by Gasteiger charge is 2.24. The molecule has 1 saturated carbocycles. The predicted molar refractivity (Wildman–Crippen MR) is 139 cm³/mol. The number of likely N-dealkylation sites (tertiary alicyclic amines) is 1. The minimum absolute atomic E-state index is 0.111. The average molecular weight is 460 g/mol. The van der Waals surface area contributed by atoms with Gasteiger partial charge in [-0.1, -0.05) is 44.0 Å². The Morgan fingerprint density at radius 2 is 1.82 bits per heavy atom. The number of rotatable bonds is 7. The van der Waals surface area contributed by atoms with Crippen molar-refractivity contribution in [2.24, 2.45) is 0 Å². The summed E-state index contributed by atoms with van der Waals surface area (Å²) in [5.74, 6) is 0.652. The van der Waals surface area contributed by atoms with Gasteiger partial charge in [-0.05, 0) is 62.8 Å². The second-order valence-corrected chi connectivity index (χ2v) is 10.1. The van der Waals surface area contributed by atoms with E-state index < -0.39 is 0 Å². The fourth-order valence-electron chi connectivity index (χ4n) is 5.69. The lowest BCUT2D eigenvalue weighted by Crippen LogP contribution is -2.39. The average Bonchev–Trinajstić information content (AvgIpc) is 3.37. The molecule has 180 valence electrons. The Balaban J connectivity index is 1.47.